The maximum Gasteiger partial charge on any atom is 0 e. The zero-order valence-corrected chi connectivity index (χ0v) is 4.75. The van der Waals surface area contributed by atoms with E-state index in [0.29, 0.717) is 0 Å². The van der Waals surface area contributed by atoms with Crippen LogP contribution in [0.2, 0.25) is 0 Å². The van der Waals surface area contributed by atoms with Gasteiger partial charge in [-0.25, -0.2) is 0 Å². The van der Waals surface area contributed by atoms with Crippen molar-refractivity contribution in [2.45, 2.75) is 0 Å². The molecule has 0 atom stereocenters. The van der Waals surface area contributed by atoms with Crippen molar-refractivity contribution in [1.82, 2.24) is 0 Å². The van der Waals surface area contributed by atoms with E-state index in [-0.39, 0.29) is 54.8 Å². The van der Waals surface area contributed by atoms with E-state index in [4.69, 9.17) is 19.2 Å². The largest absolute Gasteiger partial charge is 0 e. The van der Waals surface area contributed by atoms with Gasteiger partial charge in [0.25, 0.3) is 0 Å². The minimum absolute atomic E-state index is 0. The summed E-state index contributed by atoms with van der Waals surface area (Å²) in [5.41, 5.74) is 0. The van der Waals surface area contributed by atoms with Gasteiger partial charge >= 0.3 is 46.8 Å². The molecule has 0 saturated carbocycles. The summed E-state index contributed by atoms with van der Waals surface area (Å²) in [6.45, 7) is 0. The van der Waals surface area contributed by atoms with Crippen LogP contribution in [0.15, 0.2) is 0 Å². The average Bonchev–Trinajstić information content (AvgIpc) is 0.722. The Bertz CT molecular complexity index is 27.2. The summed E-state index contributed by atoms with van der Waals surface area (Å²) in [5, 5.41) is 0. The fraction of sp³-hybridized carbons (Fsp3) is 0. The molecule has 44 valence electrons. The second-order valence-electron chi connectivity index (χ2n) is 0.600. The van der Waals surface area contributed by atoms with Crippen LogP contribution in [0.3, 0.4) is 0 Å². The quantitative estimate of drug-likeness (QED) is 0.301. The van der Waals surface area contributed by atoms with Crippen molar-refractivity contribution < 1.29 is 36.3 Å². The minimum atomic E-state index is -4.61. The second-order valence-corrected chi connectivity index (χ2v) is 1.80. The zero-order valence-electron chi connectivity index (χ0n) is 2.64. The van der Waals surface area contributed by atoms with E-state index in [1.165, 1.54) is 0 Å². The van der Waals surface area contributed by atoms with Gasteiger partial charge in [-0.15, -0.1) is 0 Å². The molecule has 0 fully saturated rings. The summed E-state index contributed by atoms with van der Waals surface area (Å²) < 4.78 is 0. The summed E-state index contributed by atoms with van der Waals surface area (Å²) in [7, 11) is -4.61. The third-order valence-electron chi connectivity index (χ3n) is 0. The van der Waals surface area contributed by atoms with Crippen molar-refractivity contribution in [2.75, 3.05) is 0 Å². The van der Waals surface area contributed by atoms with E-state index < -0.39 is 9.05 Å². The summed E-state index contributed by atoms with van der Waals surface area (Å²) in [4.78, 5) is 29.3. The van der Waals surface area contributed by atoms with Crippen LogP contribution in [-0.4, -0.2) is 66.0 Å². The molecule has 0 rings (SSSR count). The molecule has 0 saturated heterocycles. The first kappa shape index (κ1) is 15.9. The molecular formula is H6CaFeO4Si. The summed E-state index contributed by atoms with van der Waals surface area (Å²) >= 11 is 0. The molecule has 4 N–H and O–H groups in total. The van der Waals surface area contributed by atoms with Crippen molar-refractivity contribution in [3.8, 4) is 0 Å². The van der Waals surface area contributed by atoms with E-state index in [2.05, 4.69) is 0 Å². The smallest absolute Gasteiger partial charge is 0 e. The standard InChI is InChI=1S/Ca.Fe.H4O4Si.2H/c;;1-5(2,3)4;;/h;;1-4H;;. The fourth-order valence-corrected chi connectivity index (χ4v) is 0. The molecular weight excluding hydrogens is 188 g/mol. The summed E-state index contributed by atoms with van der Waals surface area (Å²) in [6.07, 6.45) is 0. The molecule has 0 aliphatic heterocycles. The molecule has 7 heavy (non-hydrogen) atoms. The van der Waals surface area contributed by atoms with Crippen LogP contribution < -0.4 is 0 Å². The van der Waals surface area contributed by atoms with Gasteiger partial charge in [-0.2, -0.15) is 0 Å². The van der Waals surface area contributed by atoms with Crippen LogP contribution in [0, 0.1) is 0 Å². The van der Waals surface area contributed by atoms with Crippen molar-refractivity contribution in [3.05, 3.63) is 0 Å². The van der Waals surface area contributed by atoms with Gasteiger partial charge in [0.1, 0.15) is 0 Å². The van der Waals surface area contributed by atoms with E-state index in [1.54, 1.807) is 0 Å². The first-order valence-electron chi connectivity index (χ1n) is 0.894. The third-order valence-corrected chi connectivity index (χ3v) is 0. The Morgan fingerprint density at radius 3 is 0.857 bits per heavy atom. The van der Waals surface area contributed by atoms with Gasteiger partial charge < -0.3 is 19.2 Å². The Morgan fingerprint density at radius 2 is 0.857 bits per heavy atom. The Kier molecular flexibility index (Phi) is 13.6. The molecule has 0 aromatic carbocycles. The molecule has 0 unspecified atom stereocenters. The first-order chi connectivity index (χ1) is 2.00. The van der Waals surface area contributed by atoms with Gasteiger partial charge in [-0.1, -0.05) is 0 Å². The van der Waals surface area contributed by atoms with Crippen LogP contribution in [0.4, 0.5) is 0 Å². The Balaban J connectivity index is -0.0000000800. The molecule has 0 bridgehead atoms. The van der Waals surface area contributed by atoms with Gasteiger partial charge in [0.15, 0.2) is 0 Å². The Morgan fingerprint density at radius 1 is 0.857 bits per heavy atom. The monoisotopic (exact) mass is 194 g/mol. The molecule has 0 aromatic heterocycles. The number of hydrogen-bond donors (Lipinski definition) is 4. The predicted molar refractivity (Wildman–Crippen MR) is 23.2 cm³/mol. The van der Waals surface area contributed by atoms with Crippen LogP contribution >= 0.6 is 0 Å². The summed E-state index contributed by atoms with van der Waals surface area (Å²) in [6, 6.07) is 0. The predicted octanol–water partition coefficient (Wildman–Crippen LogP) is -3.53. The number of hydrogen-bond acceptors (Lipinski definition) is 4. The molecule has 0 spiro atoms. The van der Waals surface area contributed by atoms with Gasteiger partial charge in [0.2, 0.25) is 0 Å². The Hall–Kier alpha value is 1.84. The van der Waals surface area contributed by atoms with Crippen molar-refractivity contribution in [2.24, 2.45) is 0 Å². The summed E-state index contributed by atoms with van der Waals surface area (Å²) in [5.74, 6) is 0. The Labute approximate surface area is 82.1 Å². The van der Waals surface area contributed by atoms with Gasteiger partial charge in [-0.3, -0.25) is 0 Å². The zero-order chi connectivity index (χ0) is 4.50. The maximum atomic E-state index is 7.33. The van der Waals surface area contributed by atoms with Gasteiger partial charge in [0.05, 0.1) is 0 Å². The van der Waals surface area contributed by atoms with Crippen molar-refractivity contribution in [3.63, 3.8) is 0 Å². The molecule has 0 aliphatic carbocycles. The molecule has 0 heterocycles. The van der Waals surface area contributed by atoms with Crippen LogP contribution in [0.5, 0.6) is 0 Å². The second kappa shape index (κ2) is 5.96. The maximum absolute atomic E-state index is 7.33. The fourth-order valence-electron chi connectivity index (χ4n) is 0. The van der Waals surface area contributed by atoms with Crippen LogP contribution in [0.1, 0.15) is 0 Å². The molecule has 4 nitrogen and oxygen atoms in total. The molecule has 7 heteroatoms. The third kappa shape index (κ3) is 79.2. The van der Waals surface area contributed by atoms with Crippen LogP contribution in [0.25, 0.3) is 0 Å². The van der Waals surface area contributed by atoms with E-state index in [1.807, 2.05) is 0 Å². The normalized spacial score (nSPS) is 8.57. The van der Waals surface area contributed by atoms with E-state index in [9.17, 15) is 0 Å². The topological polar surface area (TPSA) is 80.9 Å². The molecule has 0 aliphatic rings. The van der Waals surface area contributed by atoms with Crippen LogP contribution in [-0.2, 0) is 17.1 Å². The first-order valence-corrected chi connectivity index (χ1v) is 2.68. The van der Waals surface area contributed by atoms with Crippen molar-refractivity contribution in [1.29, 1.82) is 0 Å². The molecule has 0 aromatic rings. The van der Waals surface area contributed by atoms with Gasteiger partial charge in [0, 0.05) is 17.1 Å². The van der Waals surface area contributed by atoms with E-state index in [0.717, 1.165) is 0 Å². The van der Waals surface area contributed by atoms with E-state index >= 15 is 0 Å². The molecule has 0 radical (unpaired) electrons. The SMILES string of the molecule is O[Si](O)(O)O.[CaH2].[Fe]. The number of rotatable bonds is 0. The molecule has 0 amide bonds. The average molecular weight is 194 g/mol. The van der Waals surface area contributed by atoms with Crippen molar-refractivity contribution >= 4 is 46.8 Å². The van der Waals surface area contributed by atoms with Gasteiger partial charge in [-0.05, 0) is 0 Å². The minimum Gasteiger partial charge on any atom is 0 e.